The predicted molar refractivity (Wildman–Crippen MR) is 161 cm³/mol. The number of nitrogens with zero attached hydrogens (tertiary/aromatic N) is 8. The molecule has 8 N–H and O–H groups in total. The van der Waals surface area contributed by atoms with Gasteiger partial charge in [-0.15, -0.1) is 16.9 Å². The van der Waals surface area contributed by atoms with Gasteiger partial charge in [-0.2, -0.15) is 9.67 Å². The van der Waals surface area contributed by atoms with Gasteiger partial charge in [-0.1, -0.05) is 5.21 Å². The van der Waals surface area contributed by atoms with Crippen LogP contribution < -0.4 is 17.0 Å². The van der Waals surface area contributed by atoms with Gasteiger partial charge in [0.25, 0.3) is 5.56 Å². The molecular formula is C19H24FN11O8P2S3. The quantitative estimate of drug-likeness (QED) is 0.118. The summed E-state index contributed by atoms with van der Waals surface area (Å²) in [6, 6.07) is 0. The van der Waals surface area contributed by atoms with Crippen molar-refractivity contribution in [3.63, 3.8) is 0 Å². The molecule has 0 spiro atoms. The summed E-state index contributed by atoms with van der Waals surface area (Å²) >= 11 is 11.2. The molecule has 0 amide bonds. The molecule has 2 saturated heterocycles. The van der Waals surface area contributed by atoms with Gasteiger partial charge in [0, 0.05) is 5.25 Å². The van der Waals surface area contributed by atoms with Crippen molar-refractivity contribution in [1.82, 2.24) is 44.5 Å². The first-order valence-electron chi connectivity index (χ1n) is 12.6. The van der Waals surface area contributed by atoms with E-state index in [1.165, 1.54) is 18.1 Å². The number of fused-ring (bicyclic) bond motifs is 2. The van der Waals surface area contributed by atoms with E-state index >= 15 is 4.39 Å². The standard InChI is InChI=1S/C19H24FN11O8P2S3/c20-10-13(8(4-36-40(33,34)42)38-18(10)31-15-11(28-29-31)14(21)23-5-24-15)39-41(35,43)37-3-7-1-2-9(44-7)30-6-25-12-16(30)26-19(22)27-17(12)32/h5-10,13,18H,1-4H2,(H,35,43)(H2,21,23,24)(H2,33,34,42)(H3,22,26,27,32)/t7-,8+,9+,10-,13?,18+,41?/m0/s1. The number of halogens is 1. The largest absolute Gasteiger partial charge is 0.382 e. The number of hydrogen-bond acceptors (Lipinski definition) is 16. The fraction of sp³-hybridized carbons (Fsp3) is 0.526. The van der Waals surface area contributed by atoms with Gasteiger partial charge < -0.3 is 44.5 Å². The van der Waals surface area contributed by atoms with Gasteiger partial charge in [0.05, 0.1) is 24.9 Å². The van der Waals surface area contributed by atoms with Crippen molar-refractivity contribution in [2.75, 3.05) is 24.7 Å². The van der Waals surface area contributed by atoms with Crippen LogP contribution in [0.2, 0.25) is 0 Å². The zero-order valence-corrected chi connectivity index (χ0v) is 26.3. The van der Waals surface area contributed by atoms with Gasteiger partial charge in [0.2, 0.25) is 5.95 Å². The second-order valence-corrected chi connectivity index (χ2v) is 16.6. The first kappa shape index (κ1) is 31.7. The molecule has 2 aliphatic rings. The molecule has 0 aromatic carbocycles. The molecule has 6 heterocycles. The van der Waals surface area contributed by atoms with Crippen LogP contribution in [0.1, 0.15) is 24.4 Å². The molecule has 2 fully saturated rings. The van der Waals surface area contributed by atoms with Gasteiger partial charge in [-0.05, 0) is 36.5 Å². The van der Waals surface area contributed by atoms with Gasteiger partial charge >= 0.3 is 13.4 Å². The number of ether oxygens (including phenoxy) is 1. The molecule has 44 heavy (non-hydrogen) atoms. The molecule has 6 rings (SSSR count). The molecule has 0 radical (unpaired) electrons. The average Bonchev–Trinajstić information content (AvgIpc) is 3.73. The van der Waals surface area contributed by atoms with E-state index in [1.807, 2.05) is 0 Å². The highest BCUT2D eigenvalue weighted by Gasteiger charge is 2.51. The fourth-order valence-electron chi connectivity index (χ4n) is 4.80. The Bertz CT molecular complexity index is 1860. The third-order valence-corrected chi connectivity index (χ3v) is 10.6. The summed E-state index contributed by atoms with van der Waals surface area (Å²) in [6.45, 7) is -8.94. The van der Waals surface area contributed by atoms with Crippen molar-refractivity contribution in [3.05, 3.63) is 23.0 Å². The van der Waals surface area contributed by atoms with Crippen LogP contribution in [0.5, 0.6) is 0 Å². The van der Waals surface area contributed by atoms with E-state index in [4.69, 9.17) is 41.6 Å². The number of hydrogen-bond donors (Lipinski definition) is 6. The van der Waals surface area contributed by atoms with Crippen LogP contribution in [-0.2, 0) is 41.9 Å². The minimum Gasteiger partial charge on any atom is -0.382 e. The Labute approximate surface area is 260 Å². The molecule has 7 atom stereocenters. The molecule has 2 unspecified atom stereocenters. The van der Waals surface area contributed by atoms with Crippen LogP contribution in [0.3, 0.4) is 0 Å². The molecule has 238 valence electrons. The Morgan fingerprint density at radius 2 is 1.93 bits per heavy atom. The number of anilines is 2. The van der Waals surface area contributed by atoms with E-state index in [2.05, 4.69) is 47.0 Å². The number of rotatable bonds is 10. The summed E-state index contributed by atoms with van der Waals surface area (Å²) < 4.78 is 40.5. The lowest BCUT2D eigenvalue weighted by molar-refractivity contribution is -0.0473. The number of H-pyrrole nitrogens is 1. The Balaban J connectivity index is 1.14. The van der Waals surface area contributed by atoms with Crippen molar-refractivity contribution >= 4 is 82.9 Å². The third-order valence-electron chi connectivity index (χ3n) is 6.73. The maximum absolute atomic E-state index is 15.9. The van der Waals surface area contributed by atoms with E-state index in [0.717, 1.165) is 11.0 Å². The van der Waals surface area contributed by atoms with Gasteiger partial charge in [0.15, 0.2) is 40.5 Å². The zero-order valence-electron chi connectivity index (χ0n) is 22.1. The second kappa shape index (κ2) is 12.2. The lowest BCUT2D eigenvalue weighted by atomic mass is 10.1. The van der Waals surface area contributed by atoms with Crippen molar-refractivity contribution in [2.24, 2.45) is 0 Å². The summed E-state index contributed by atoms with van der Waals surface area (Å²) in [7, 11) is 0. The topological polar surface area (TPSA) is 270 Å². The number of alkyl halides is 1. The van der Waals surface area contributed by atoms with E-state index in [-0.39, 0.29) is 45.7 Å². The molecule has 19 nitrogen and oxygen atoms in total. The first-order chi connectivity index (χ1) is 20.8. The molecule has 0 saturated carbocycles. The minimum absolute atomic E-state index is 0.00477. The van der Waals surface area contributed by atoms with E-state index in [0.29, 0.717) is 18.5 Å². The van der Waals surface area contributed by atoms with Crippen LogP contribution in [0.4, 0.5) is 16.2 Å². The molecule has 4 aromatic rings. The van der Waals surface area contributed by atoms with Gasteiger partial charge in [0.1, 0.15) is 18.5 Å². The Hall–Kier alpha value is -2.27. The second-order valence-electron chi connectivity index (χ2n) is 9.66. The van der Waals surface area contributed by atoms with Crippen LogP contribution >= 0.6 is 25.2 Å². The normalized spacial score (nSPS) is 27.4. The monoisotopic (exact) mass is 711 g/mol. The molecule has 2 aliphatic heterocycles. The number of imidazole rings is 1. The number of nitrogen functional groups attached to an aromatic ring is 2. The third kappa shape index (κ3) is 6.50. The highest BCUT2D eigenvalue weighted by Crippen LogP contribution is 2.52. The van der Waals surface area contributed by atoms with E-state index < -0.39 is 50.2 Å². The number of thioether (sulfide) groups is 1. The van der Waals surface area contributed by atoms with Crippen LogP contribution in [0.25, 0.3) is 22.3 Å². The highest BCUT2D eigenvalue weighted by molar-refractivity contribution is 8.07. The van der Waals surface area contributed by atoms with Crippen LogP contribution in [-0.4, -0.2) is 96.0 Å². The Morgan fingerprint density at radius 1 is 1.14 bits per heavy atom. The molecular weight excluding hydrogens is 687 g/mol. The molecule has 4 aromatic heterocycles. The summed E-state index contributed by atoms with van der Waals surface area (Å²) in [4.78, 5) is 60.7. The molecule has 0 bridgehead atoms. The number of nitrogens with two attached hydrogens (primary N) is 2. The first-order valence-corrected chi connectivity index (χ1v) is 18.8. The van der Waals surface area contributed by atoms with E-state index in [9.17, 15) is 19.5 Å². The zero-order chi connectivity index (χ0) is 31.4. The minimum atomic E-state index is -4.16. The smallest absolute Gasteiger partial charge is 0.325 e. The molecule has 0 aliphatic carbocycles. The van der Waals surface area contributed by atoms with Gasteiger partial charge in [-0.3, -0.25) is 14.3 Å². The Morgan fingerprint density at radius 3 is 2.70 bits per heavy atom. The van der Waals surface area contributed by atoms with Gasteiger partial charge in [-0.25, -0.2) is 19.3 Å². The lowest BCUT2D eigenvalue weighted by Gasteiger charge is -2.25. The Kier molecular flexibility index (Phi) is 8.76. The van der Waals surface area contributed by atoms with E-state index in [1.54, 1.807) is 4.57 Å². The van der Waals surface area contributed by atoms with Crippen molar-refractivity contribution in [1.29, 1.82) is 0 Å². The number of nitrogens with one attached hydrogen (secondary N) is 1. The maximum Gasteiger partial charge on any atom is 0.325 e. The predicted octanol–water partition coefficient (Wildman–Crippen LogP) is -0.00710. The summed E-state index contributed by atoms with van der Waals surface area (Å²) in [5.74, 6) is -0.0314. The van der Waals surface area contributed by atoms with Crippen molar-refractivity contribution in [2.45, 2.75) is 48.1 Å². The maximum atomic E-state index is 15.9. The summed E-state index contributed by atoms with van der Waals surface area (Å²) in [5, 5.41) is 7.41. The summed E-state index contributed by atoms with van der Waals surface area (Å²) in [6.07, 6.45) is -2.55. The van der Waals surface area contributed by atoms with Crippen LogP contribution in [0, 0.1) is 0 Å². The SMILES string of the molecule is Nc1nc2c(ncn2[C@H]2CC[C@@H](COP(O)(=S)OC3[C@@H](COP(O)(O)=S)O[C@@H](n4nnc5c(N)ncnc54)[C@H]3F)S2)c(=O)[nH]1. The van der Waals surface area contributed by atoms with Crippen LogP contribution in [0.15, 0.2) is 17.4 Å². The average molecular weight is 712 g/mol. The number of aromatic amines is 1. The highest BCUT2D eigenvalue weighted by atomic mass is 32.5. The number of aromatic nitrogens is 9. The van der Waals surface area contributed by atoms with Crippen molar-refractivity contribution < 1.29 is 37.4 Å². The van der Waals surface area contributed by atoms with Crippen molar-refractivity contribution in [3.8, 4) is 0 Å². The summed E-state index contributed by atoms with van der Waals surface area (Å²) in [5.41, 5.74) is 11.7. The molecule has 25 heteroatoms. The lowest BCUT2D eigenvalue weighted by Crippen LogP contribution is -2.34. The fourth-order valence-corrected chi connectivity index (χ4v) is 8.32.